The van der Waals surface area contributed by atoms with Gasteiger partial charge < -0.3 is 11.1 Å². The van der Waals surface area contributed by atoms with E-state index in [9.17, 15) is 4.79 Å². The number of carbonyl (C=O) groups excluding carboxylic acids is 1. The van der Waals surface area contributed by atoms with Gasteiger partial charge >= 0.3 is 0 Å². The molecule has 2 aromatic rings. The van der Waals surface area contributed by atoms with Crippen molar-refractivity contribution >= 4 is 40.5 Å². The molecule has 0 aliphatic heterocycles. The highest BCUT2D eigenvalue weighted by Crippen LogP contribution is 2.27. The molecule has 3 N–H and O–H groups in total. The first kappa shape index (κ1) is 14.7. The second kappa shape index (κ2) is 5.73. The minimum absolute atomic E-state index is 0.279. The highest BCUT2D eigenvalue weighted by Gasteiger charge is 2.11. The summed E-state index contributed by atoms with van der Waals surface area (Å²) in [6.45, 7) is 3.73. The molecule has 0 bridgehead atoms. The van der Waals surface area contributed by atoms with Gasteiger partial charge in [0.2, 0.25) is 0 Å². The number of anilines is 2. The molecule has 0 saturated heterocycles. The van der Waals surface area contributed by atoms with Crippen LogP contribution >= 0.6 is 23.2 Å². The molecule has 2 aromatic carbocycles. The van der Waals surface area contributed by atoms with E-state index < -0.39 is 0 Å². The highest BCUT2D eigenvalue weighted by molar-refractivity contribution is 6.32. The van der Waals surface area contributed by atoms with Crippen molar-refractivity contribution in [3.8, 4) is 0 Å². The van der Waals surface area contributed by atoms with Crippen LogP contribution in [0, 0.1) is 13.8 Å². The first-order valence-corrected chi connectivity index (χ1v) is 6.77. The zero-order valence-electron chi connectivity index (χ0n) is 11.1. The molecule has 1 amide bonds. The van der Waals surface area contributed by atoms with Crippen molar-refractivity contribution in [1.29, 1.82) is 0 Å². The lowest BCUT2D eigenvalue weighted by molar-refractivity contribution is 0.102. The number of rotatable bonds is 2. The van der Waals surface area contributed by atoms with Crippen LogP contribution < -0.4 is 11.1 Å². The Bertz CT molecular complexity index is 684. The Hall–Kier alpha value is -1.71. The summed E-state index contributed by atoms with van der Waals surface area (Å²) in [5, 5.41) is 3.84. The van der Waals surface area contributed by atoms with Gasteiger partial charge in [-0.3, -0.25) is 4.79 Å². The van der Waals surface area contributed by atoms with E-state index in [-0.39, 0.29) is 5.91 Å². The quantitative estimate of drug-likeness (QED) is 0.806. The fourth-order valence-corrected chi connectivity index (χ4v) is 2.08. The topological polar surface area (TPSA) is 55.1 Å². The molecular formula is C15H14Cl2N2O. The molecule has 5 heteroatoms. The van der Waals surface area contributed by atoms with Crippen molar-refractivity contribution in [3.05, 3.63) is 57.1 Å². The normalized spacial score (nSPS) is 10.4. The van der Waals surface area contributed by atoms with E-state index in [0.717, 1.165) is 11.1 Å². The van der Waals surface area contributed by atoms with Gasteiger partial charge in [0.05, 0.1) is 11.4 Å². The lowest BCUT2D eigenvalue weighted by Crippen LogP contribution is -2.13. The standard InChI is InChI=1S/C15H14Cl2N2O/c1-8-3-4-10(6-11(8)16)15(20)19-14-7-12(17)9(2)5-13(14)18/h3-7H,18H2,1-2H3,(H,19,20). The fourth-order valence-electron chi connectivity index (χ4n) is 1.74. The van der Waals surface area contributed by atoms with Crippen LogP contribution in [-0.2, 0) is 0 Å². The first-order valence-electron chi connectivity index (χ1n) is 6.01. The summed E-state index contributed by atoms with van der Waals surface area (Å²) >= 11 is 12.0. The van der Waals surface area contributed by atoms with Gasteiger partial charge in [0.25, 0.3) is 5.91 Å². The van der Waals surface area contributed by atoms with E-state index in [2.05, 4.69) is 5.32 Å². The number of hydrogen-bond donors (Lipinski definition) is 2. The molecule has 0 heterocycles. The molecule has 0 aliphatic carbocycles. The third-order valence-electron chi connectivity index (χ3n) is 3.01. The average molecular weight is 309 g/mol. The van der Waals surface area contributed by atoms with Crippen LogP contribution in [0.4, 0.5) is 11.4 Å². The second-order valence-corrected chi connectivity index (χ2v) is 5.42. The number of benzene rings is 2. The van der Waals surface area contributed by atoms with Gasteiger partial charge in [-0.05, 0) is 49.2 Å². The number of nitrogens with two attached hydrogens (primary N) is 1. The van der Waals surface area contributed by atoms with Crippen molar-refractivity contribution in [1.82, 2.24) is 0 Å². The second-order valence-electron chi connectivity index (χ2n) is 4.61. The molecule has 104 valence electrons. The Balaban J connectivity index is 2.27. The van der Waals surface area contributed by atoms with Crippen LogP contribution in [-0.4, -0.2) is 5.91 Å². The van der Waals surface area contributed by atoms with E-state index in [0.29, 0.717) is 27.0 Å². The summed E-state index contributed by atoms with van der Waals surface area (Å²) in [5.41, 5.74) is 9.08. The number of halogens is 2. The Morgan fingerprint density at radius 3 is 2.35 bits per heavy atom. The van der Waals surface area contributed by atoms with Crippen LogP contribution in [0.3, 0.4) is 0 Å². The average Bonchev–Trinajstić information content (AvgIpc) is 2.39. The van der Waals surface area contributed by atoms with Gasteiger partial charge in [0.1, 0.15) is 0 Å². The van der Waals surface area contributed by atoms with Crippen molar-refractivity contribution in [2.24, 2.45) is 0 Å². The minimum atomic E-state index is -0.279. The van der Waals surface area contributed by atoms with Gasteiger partial charge in [-0.25, -0.2) is 0 Å². The number of nitrogens with one attached hydrogen (secondary N) is 1. The predicted molar refractivity (Wildman–Crippen MR) is 84.7 cm³/mol. The van der Waals surface area contributed by atoms with E-state index in [4.69, 9.17) is 28.9 Å². The maximum atomic E-state index is 12.2. The van der Waals surface area contributed by atoms with Crippen molar-refractivity contribution in [2.45, 2.75) is 13.8 Å². The third-order valence-corrected chi connectivity index (χ3v) is 3.83. The number of carbonyl (C=O) groups is 1. The number of nitrogen functional groups attached to an aromatic ring is 1. The summed E-state index contributed by atoms with van der Waals surface area (Å²) in [7, 11) is 0. The molecule has 20 heavy (non-hydrogen) atoms. The van der Waals surface area contributed by atoms with E-state index in [1.54, 1.807) is 30.3 Å². The lowest BCUT2D eigenvalue weighted by Gasteiger charge is -2.11. The summed E-state index contributed by atoms with van der Waals surface area (Å²) < 4.78 is 0. The van der Waals surface area contributed by atoms with Gasteiger partial charge in [0, 0.05) is 15.6 Å². The monoisotopic (exact) mass is 308 g/mol. The first-order chi connectivity index (χ1) is 9.38. The molecule has 0 saturated carbocycles. The molecule has 0 unspecified atom stereocenters. The predicted octanol–water partition coefficient (Wildman–Crippen LogP) is 4.44. The SMILES string of the molecule is Cc1ccc(C(=O)Nc2cc(Cl)c(C)cc2N)cc1Cl. The van der Waals surface area contributed by atoms with Gasteiger partial charge in [-0.15, -0.1) is 0 Å². The molecule has 2 rings (SSSR count). The van der Waals surface area contributed by atoms with E-state index >= 15 is 0 Å². The van der Waals surface area contributed by atoms with Crippen molar-refractivity contribution < 1.29 is 4.79 Å². The largest absolute Gasteiger partial charge is 0.397 e. The van der Waals surface area contributed by atoms with Crippen molar-refractivity contribution in [3.63, 3.8) is 0 Å². The fraction of sp³-hybridized carbons (Fsp3) is 0.133. The van der Waals surface area contributed by atoms with Crippen LogP contribution in [0.15, 0.2) is 30.3 Å². The third kappa shape index (κ3) is 3.06. The van der Waals surface area contributed by atoms with Crippen molar-refractivity contribution in [2.75, 3.05) is 11.1 Å². The molecule has 0 atom stereocenters. The summed E-state index contributed by atoms with van der Waals surface area (Å²) in [6.07, 6.45) is 0. The zero-order valence-corrected chi connectivity index (χ0v) is 12.6. The molecule has 0 radical (unpaired) electrons. The van der Waals surface area contributed by atoms with Crippen LogP contribution in [0.2, 0.25) is 10.0 Å². The Kier molecular flexibility index (Phi) is 4.21. The number of hydrogen-bond acceptors (Lipinski definition) is 2. The van der Waals surface area contributed by atoms with Gasteiger partial charge in [0.15, 0.2) is 0 Å². The summed E-state index contributed by atoms with van der Waals surface area (Å²) in [5.74, 6) is -0.279. The molecule has 0 spiro atoms. The Labute approximate surface area is 127 Å². The Morgan fingerprint density at radius 2 is 1.70 bits per heavy atom. The molecular weight excluding hydrogens is 295 g/mol. The molecule has 0 aliphatic rings. The van der Waals surface area contributed by atoms with Gasteiger partial charge in [-0.1, -0.05) is 29.3 Å². The van der Waals surface area contributed by atoms with Crippen LogP contribution in [0.1, 0.15) is 21.5 Å². The minimum Gasteiger partial charge on any atom is -0.397 e. The van der Waals surface area contributed by atoms with E-state index in [1.807, 2.05) is 13.8 Å². The number of amides is 1. The summed E-state index contributed by atoms with van der Waals surface area (Å²) in [6, 6.07) is 8.49. The lowest BCUT2D eigenvalue weighted by atomic mass is 10.1. The maximum absolute atomic E-state index is 12.2. The van der Waals surface area contributed by atoms with Crippen LogP contribution in [0.25, 0.3) is 0 Å². The summed E-state index contributed by atoms with van der Waals surface area (Å²) in [4.78, 5) is 12.2. The van der Waals surface area contributed by atoms with Crippen LogP contribution in [0.5, 0.6) is 0 Å². The number of aryl methyl sites for hydroxylation is 2. The molecule has 0 fully saturated rings. The van der Waals surface area contributed by atoms with E-state index in [1.165, 1.54) is 0 Å². The Morgan fingerprint density at radius 1 is 1.05 bits per heavy atom. The smallest absolute Gasteiger partial charge is 0.255 e. The van der Waals surface area contributed by atoms with Gasteiger partial charge in [-0.2, -0.15) is 0 Å². The molecule has 0 aromatic heterocycles. The molecule has 3 nitrogen and oxygen atoms in total. The maximum Gasteiger partial charge on any atom is 0.255 e. The highest BCUT2D eigenvalue weighted by atomic mass is 35.5. The zero-order chi connectivity index (χ0) is 14.9.